The maximum absolute atomic E-state index is 13.0. The minimum absolute atomic E-state index is 0.0710. The molecule has 10 heteroatoms. The Morgan fingerprint density at radius 3 is 2.53 bits per heavy atom. The Labute approximate surface area is 189 Å². The third kappa shape index (κ3) is 7.69. The average Bonchev–Trinajstić information content (AvgIpc) is 2.78. The molecule has 3 rings (SSSR count). The fourth-order valence-electron chi connectivity index (χ4n) is 3.21. The molecule has 1 aromatic rings. The fourth-order valence-corrected chi connectivity index (χ4v) is 3.21. The minimum atomic E-state index is -0.889. The minimum Gasteiger partial charge on any atom is -0.490 e. The highest BCUT2D eigenvalue weighted by Crippen LogP contribution is 2.19. The number of carbonyl (C=O) groups is 3. The monoisotopic (exact) mass is 444 g/mol. The molecule has 173 valence electrons. The van der Waals surface area contributed by atoms with Gasteiger partial charge in [0.15, 0.2) is 0 Å². The molecule has 0 unspecified atom stereocenters. The summed E-state index contributed by atoms with van der Waals surface area (Å²) in [6.07, 6.45) is 4.08. The standard InChI is InChI=1S/C22H31BN3O6/c1-14(2)19-21(28)25-18(22(29)30-3)6-4-5-11-31-16-9-7-15(8-10-16)12-17(20(27)26-19)23-32-13-24/h4-5,7-10,14,17-19H,6,11-13,24H2,1-3H3,(H,25,28)(H,26,27)/t17-,18-,19-/m0/s1. The van der Waals surface area contributed by atoms with Crippen LogP contribution in [-0.4, -0.2) is 57.8 Å². The zero-order valence-corrected chi connectivity index (χ0v) is 18.7. The number of carbonyl (C=O) groups excluding carboxylic acids is 3. The van der Waals surface area contributed by atoms with Crippen LogP contribution in [0.2, 0.25) is 5.82 Å². The maximum Gasteiger partial charge on any atom is 0.328 e. The van der Waals surface area contributed by atoms with E-state index in [-0.39, 0.29) is 25.0 Å². The number of methoxy groups -OCH3 is 1. The second-order valence-electron chi connectivity index (χ2n) is 7.76. The van der Waals surface area contributed by atoms with E-state index in [1.807, 2.05) is 38.1 Å². The lowest BCUT2D eigenvalue weighted by Gasteiger charge is -2.26. The summed E-state index contributed by atoms with van der Waals surface area (Å²) in [7, 11) is 2.64. The van der Waals surface area contributed by atoms with Crippen molar-refractivity contribution in [3.8, 4) is 5.75 Å². The van der Waals surface area contributed by atoms with Gasteiger partial charge < -0.3 is 30.5 Å². The molecule has 2 bridgehead atoms. The second-order valence-corrected chi connectivity index (χ2v) is 7.76. The first-order valence-corrected chi connectivity index (χ1v) is 10.6. The molecule has 0 aliphatic carbocycles. The van der Waals surface area contributed by atoms with Crippen molar-refractivity contribution in [2.24, 2.45) is 11.7 Å². The molecule has 0 saturated carbocycles. The first-order valence-electron chi connectivity index (χ1n) is 10.6. The molecule has 0 fully saturated rings. The number of benzene rings is 1. The van der Waals surface area contributed by atoms with Gasteiger partial charge in [-0.05, 0) is 36.5 Å². The van der Waals surface area contributed by atoms with Crippen LogP contribution >= 0.6 is 0 Å². The predicted octanol–water partition coefficient (Wildman–Crippen LogP) is 0.707. The van der Waals surface area contributed by atoms with Crippen molar-refractivity contribution < 1.29 is 28.5 Å². The van der Waals surface area contributed by atoms with Gasteiger partial charge in [-0.25, -0.2) is 4.79 Å². The molecule has 3 atom stereocenters. The Morgan fingerprint density at radius 2 is 1.91 bits per heavy atom. The Balaban J connectivity index is 2.33. The summed E-state index contributed by atoms with van der Waals surface area (Å²) >= 11 is 0. The molecule has 0 aromatic heterocycles. The van der Waals surface area contributed by atoms with E-state index in [1.54, 1.807) is 12.2 Å². The molecule has 1 aromatic carbocycles. The number of nitrogens with two attached hydrogens (primary N) is 1. The van der Waals surface area contributed by atoms with Crippen LogP contribution in [0.5, 0.6) is 5.75 Å². The lowest BCUT2D eigenvalue weighted by Crippen LogP contribution is -2.54. The number of amides is 2. The Morgan fingerprint density at radius 1 is 1.19 bits per heavy atom. The molecule has 2 aliphatic rings. The number of nitrogens with one attached hydrogen (secondary N) is 2. The second kappa shape index (κ2) is 12.9. The van der Waals surface area contributed by atoms with E-state index in [9.17, 15) is 14.4 Å². The molecular weight excluding hydrogens is 413 g/mol. The largest absolute Gasteiger partial charge is 0.490 e. The van der Waals surface area contributed by atoms with Crippen molar-refractivity contribution >= 4 is 25.3 Å². The molecule has 9 nitrogen and oxygen atoms in total. The van der Waals surface area contributed by atoms with Gasteiger partial charge in [0.25, 0.3) is 0 Å². The summed E-state index contributed by atoms with van der Waals surface area (Å²) in [4.78, 5) is 38.2. The number of fused-ring (bicyclic) bond motifs is 13. The Hall–Kier alpha value is -2.85. The Kier molecular flexibility index (Phi) is 10.2. The predicted molar refractivity (Wildman–Crippen MR) is 120 cm³/mol. The van der Waals surface area contributed by atoms with E-state index in [0.717, 1.165) is 5.56 Å². The summed E-state index contributed by atoms with van der Waals surface area (Å²) in [5.74, 6) is -1.66. The van der Waals surface area contributed by atoms with E-state index >= 15 is 0 Å². The van der Waals surface area contributed by atoms with Gasteiger partial charge in [-0.1, -0.05) is 38.1 Å². The first kappa shape index (κ1) is 25.4. The molecule has 2 aliphatic heterocycles. The van der Waals surface area contributed by atoms with Crippen molar-refractivity contribution in [1.29, 1.82) is 0 Å². The highest BCUT2D eigenvalue weighted by Gasteiger charge is 2.31. The molecule has 0 saturated heterocycles. The topological polar surface area (TPSA) is 129 Å². The van der Waals surface area contributed by atoms with Gasteiger partial charge >= 0.3 is 13.5 Å². The van der Waals surface area contributed by atoms with Crippen LogP contribution in [0, 0.1) is 5.92 Å². The highest BCUT2D eigenvalue weighted by atomic mass is 16.5. The van der Waals surface area contributed by atoms with Gasteiger partial charge in [0.2, 0.25) is 11.8 Å². The van der Waals surface area contributed by atoms with E-state index in [0.29, 0.717) is 18.8 Å². The highest BCUT2D eigenvalue weighted by molar-refractivity contribution is 6.37. The lowest BCUT2D eigenvalue weighted by molar-refractivity contribution is -0.145. The third-order valence-corrected chi connectivity index (χ3v) is 5.01. The summed E-state index contributed by atoms with van der Waals surface area (Å²) in [6.45, 7) is 3.85. The van der Waals surface area contributed by atoms with Gasteiger partial charge in [-0.2, -0.15) is 0 Å². The fraction of sp³-hybridized carbons (Fsp3) is 0.500. The number of ether oxygens (including phenoxy) is 2. The van der Waals surface area contributed by atoms with E-state index < -0.39 is 29.8 Å². The average molecular weight is 444 g/mol. The van der Waals surface area contributed by atoms with Crippen molar-refractivity contribution in [3.05, 3.63) is 42.0 Å². The van der Waals surface area contributed by atoms with Crippen LogP contribution in [0.15, 0.2) is 36.4 Å². The summed E-state index contributed by atoms with van der Waals surface area (Å²) < 4.78 is 15.7. The lowest BCUT2D eigenvalue weighted by atomic mass is 9.75. The van der Waals surface area contributed by atoms with E-state index in [1.165, 1.54) is 14.6 Å². The van der Waals surface area contributed by atoms with Crippen LogP contribution in [0.3, 0.4) is 0 Å². The summed E-state index contributed by atoms with van der Waals surface area (Å²) in [5.41, 5.74) is 6.32. The maximum atomic E-state index is 13.0. The number of rotatable bonds is 5. The molecule has 4 N–H and O–H groups in total. The number of esters is 1. The number of hydrogen-bond acceptors (Lipinski definition) is 7. The van der Waals surface area contributed by atoms with Crippen molar-refractivity contribution in [1.82, 2.24) is 10.6 Å². The van der Waals surface area contributed by atoms with Crippen LogP contribution < -0.4 is 21.1 Å². The molecular formula is C22H31BN3O6. The van der Waals surface area contributed by atoms with Gasteiger partial charge in [0.1, 0.15) is 24.4 Å². The van der Waals surface area contributed by atoms with Gasteiger partial charge in [0, 0.05) is 5.82 Å². The third-order valence-electron chi connectivity index (χ3n) is 5.01. The zero-order valence-electron chi connectivity index (χ0n) is 18.7. The molecule has 0 spiro atoms. The van der Waals surface area contributed by atoms with Crippen molar-refractivity contribution in [2.75, 3.05) is 20.4 Å². The van der Waals surface area contributed by atoms with Gasteiger partial charge in [0.05, 0.1) is 13.8 Å². The number of hydrogen-bond donors (Lipinski definition) is 3. The molecule has 1 radical (unpaired) electrons. The normalized spacial score (nSPS) is 22.5. The summed E-state index contributed by atoms with van der Waals surface area (Å²) in [5, 5.41) is 5.47. The molecule has 2 heterocycles. The van der Waals surface area contributed by atoms with E-state index in [4.69, 9.17) is 19.9 Å². The smallest absolute Gasteiger partial charge is 0.328 e. The van der Waals surface area contributed by atoms with Crippen molar-refractivity contribution in [3.63, 3.8) is 0 Å². The van der Waals surface area contributed by atoms with Crippen LogP contribution in [0.1, 0.15) is 25.8 Å². The van der Waals surface area contributed by atoms with Crippen molar-refractivity contribution in [2.45, 2.75) is 44.6 Å². The van der Waals surface area contributed by atoms with Crippen LogP contribution in [-0.2, 0) is 30.2 Å². The first-order chi connectivity index (χ1) is 15.3. The van der Waals surface area contributed by atoms with Crippen LogP contribution in [0.25, 0.3) is 0 Å². The quantitative estimate of drug-likeness (QED) is 0.264. The van der Waals surface area contributed by atoms with Crippen LogP contribution in [0.4, 0.5) is 0 Å². The molecule has 2 amide bonds. The van der Waals surface area contributed by atoms with Gasteiger partial charge in [-0.15, -0.1) is 0 Å². The van der Waals surface area contributed by atoms with E-state index in [2.05, 4.69) is 10.6 Å². The molecule has 32 heavy (non-hydrogen) atoms. The summed E-state index contributed by atoms with van der Waals surface area (Å²) in [6, 6.07) is 5.63. The van der Waals surface area contributed by atoms with Gasteiger partial charge in [-0.3, -0.25) is 9.59 Å². The zero-order chi connectivity index (χ0) is 23.5. The Bertz CT molecular complexity index is 799. The SMILES string of the molecule is COC(=O)[C@@H]1CC=CCOc2ccc(cc2)C[C@H]([B]OCN)C(=O)N[C@@H](C(C)C)C(=O)N1.